The smallest absolute Gasteiger partial charge is 0.407 e. The number of carbonyl (C=O) groups excluding carboxylic acids is 2. The largest absolute Gasteiger partial charge is 0.453 e. The standard InChI is InChI=1S/C40H45ClF3N3O6S2/c1-39(2,3)19-20-47(55(51,52)27-15-16-28-30(41)23-45-31(28)21-27)32(24-48)35-18-17-34(54-35)29(40(42,43)44)22-33(49)37(46-38(50)53-4)36(25-11-7-5-8-12-25)26-13-9-6-10-14-26/h5-18,21,23,28-29,31-32,36-37,45,48H,19-20,22,24H2,1-4H3,(H,46,50)/t28?,29-,31?,32-,37-/m1/s1. The molecule has 0 fully saturated rings. The van der Waals surface area contributed by atoms with Gasteiger partial charge >= 0.3 is 12.3 Å². The van der Waals surface area contributed by atoms with Gasteiger partial charge in [-0.15, -0.1) is 11.3 Å². The van der Waals surface area contributed by atoms with E-state index in [0.29, 0.717) is 33.9 Å². The number of aliphatic hydroxyl groups is 1. The van der Waals surface area contributed by atoms with Crippen molar-refractivity contribution in [3.63, 3.8) is 0 Å². The Balaban J connectivity index is 1.50. The number of nitrogens with one attached hydrogen (secondary N) is 2. The number of alkyl carbamates (subject to hydrolysis) is 1. The molecule has 2 aromatic carbocycles. The summed E-state index contributed by atoms with van der Waals surface area (Å²) in [7, 11) is -3.19. The summed E-state index contributed by atoms with van der Waals surface area (Å²) in [5, 5.41) is 16.8. The van der Waals surface area contributed by atoms with Crippen molar-refractivity contribution in [3.8, 4) is 0 Å². The molecule has 5 atom stereocenters. The van der Waals surface area contributed by atoms with Gasteiger partial charge in [-0.2, -0.15) is 17.5 Å². The van der Waals surface area contributed by atoms with Gasteiger partial charge in [0.05, 0.1) is 36.6 Å². The first-order chi connectivity index (χ1) is 25.9. The van der Waals surface area contributed by atoms with E-state index >= 15 is 13.2 Å². The van der Waals surface area contributed by atoms with Gasteiger partial charge in [0.15, 0.2) is 5.78 Å². The number of benzene rings is 2. The first-order valence-corrected chi connectivity index (χ1v) is 20.4. The first kappa shape index (κ1) is 42.2. The van der Waals surface area contributed by atoms with E-state index in [4.69, 9.17) is 16.3 Å². The number of amides is 1. The molecule has 296 valence electrons. The van der Waals surface area contributed by atoms with Crippen LogP contribution in [0, 0.1) is 11.3 Å². The number of hydrogen-bond donors (Lipinski definition) is 3. The molecule has 1 aliphatic heterocycles. The highest BCUT2D eigenvalue weighted by atomic mass is 35.5. The molecule has 15 heteroatoms. The second kappa shape index (κ2) is 17.5. The van der Waals surface area contributed by atoms with Gasteiger partial charge in [-0.25, -0.2) is 13.2 Å². The maximum atomic E-state index is 15.0. The van der Waals surface area contributed by atoms with Gasteiger partial charge in [-0.1, -0.05) is 99.1 Å². The number of alkyl halides is 3. The number of nitrogens with zero attached hydrogens (tertiary/aromatic N) is 1. The van der Waals surface area contributed by atoms with Gasteiger partial charge in [0.2, 0.25) is 10.0 Å². The Bertz CT molecular complexity index is 1970. The summed E-state index contributed by atoms with van der Waals surface area (Å²) in [4.78, 5) is 26.7. The molecule has 3 aromatic rings. The highest BCUT2D eigenvalue weighted by molar-refractivity contribution is 7.93. The zero-order valence-corrected chi connectivity index (χ0v) is 33.2. The normalized spacial score (nSPS) is 18.9. The highest BCUT2D eigenvalue weighted by Gasteiger charge is 2.46. The lowest BCUT2D eigenvalue weighted by molar-refractivity contribution is -0.156. The van der Waals surface area contributed by atoms with E-state index < -0.39 is 71.1 Å². The predicted octanol–water partition coefficient (Wildman–Crippen LogP) is 8.13. The Morgan fingerprint density at radius 3 is 2.15 bits per heavy atom. The number of Topliss-reactive ketones (excluding diaryl/α,β-unsaturated/α-hetero) is 1. The average Bonchev–Trinajstić information content (AvgIpc) is 3.78. The molecule has 0 radical (unpaired) electrons. The number of methoxy groups -OCH3 is 1. The molecule has 55 heavy (non-hydrogen) atoms. The summed E-state index contributed by atoms with van der Waals surface area (Å²) in [5.74, 6) is -4.29. The van der Waals surface area contributed by atoms with Crippen molar-refractivity contribution in [1.82, 2.24) is 14.9 Å². The fourth-order valence-corrected chi connectivity index (χ4v) is 10.0. The third-order valence-electron chi connectivity index (χ3n) is 9.72. The second-order valence-corrected chi connectivity index (χ2v) is 18.2. The first-order valence-electron chi connectivity index (χ1n) is 17.7. The van der Waals surface area contributed by atoms with Gasteiger partial charge < -0.3 is 20.5 Å². The Kier molecular flexibility index (Phi) is 13.4. The number of aliphatic hydroxyl groups excluding tert-OH is 1. The average molecular weight is 820 g/mol. The van der Waals surface area contributed by atoms with Crippen LogP contribution in [0.15, 0.2) is 107 Å². The summed E-state index contributed by atoms with van der Waals surface area (Å²) in [6.45, 7) is 5.06. The van der Waals surface area contributed by atoms with Crippen molar-refractivity contribution in [3.05, 3.63) is 128 Å². The number of fused-ring (bicyclic) bond motifs is 1. The van der Waals surface area contributed by atoms with E-state index in [1.165, 1.54) is 18.2 Å². The van der Waals surface area contributed by atoms with E-state index in [-0.39, 0.29) is 32.5 Å². The minimum atomic E-state index is -4.91. The third kappa shape index (κ3) is 10.1. The number of carbonyl (C=O) groups is 2. The molecule has 2 aliphatic rings. The lowest BCUT2D eigenvalue weighted by Gasteiger charge is -2.33. The van der Waals surface area contributed by atoms with Crippen LogP contribution in [0.5, 0.6) is 0 Å². The summed E-state index contributed by atoms with van der Waals surface area (Å²) >= 11 is 6.96. The minimum absolute atomic E-state index is 0.0283. The quantitative estimate of drug-likeness (QED) is 0.142. The Labute approximate surface area is 329 Å². The second-order valence-electron chi connectivity index (χ2n) is 14.7. The molecule has 9 nitrogen and oxygen atoms in total. The topological polar surface area (TPSA) is 125 Å². The lowest BCUT2D eigenvalue weighted by atomic mass is 9.81. The Morgan fingerprint density at radius 1 is 1.00 bits per heavy atom. The molecule has 1 aliphatic carbocycles. The summed E-state index contributed by atoms with van der Waals surface area (Å²) in [6, 6.07) is 16.9. The molecule has 2 heterocycles. The fourth-order valence-electron chi connectivity index (χ4n) is 6.74. The van der Waals surface area contributed by atoms with Crippen LogP contribution in [0.3, 0.4) is 0 Å². The van der Waals surface area contributed by atoms with Crippen LogP contribution in [0.1, 0.15) is 72.4 Å². The van der Waals surface area contributed by atoms with Crippen molar-refractivity contribution in [2.45, 2.75) is 69.8 Å². The van der Waals surface area contributed by atoms with Crippen LogP contribution in [0.25, 0.3) is 0 Å². The highest BCUT2D eigenvalue weighted by Crippen LogP contribution is 2.44. The SMILES string of the molecule is COC(=O)N[C@H](C(=O)C[C@H](c1ccc([C@@H](CO)N(CCC(C)(C)C)S(=O)(=O)C2=CC3NC=C(Cl)C3C=C2)s1)C(F)(F)F)C(c1ccccc1)c1ccccc1. The zero-order valence-electron chi connectivity index (χ0n) is 30.8. The van der Waals surface area contributed by atoms with E-state index in [1.54, 1.807) is 79.0 Å². The molecule has 0 spiro atoms. The summed E-state index contributed by atoms with van der Waals surface area (Å²) in [5.41, 5.74) is 0.859. The molecule has 0 bridgehead atoms. The maximum Gasteiger partial charge on any atom is 0.407 e. The number of halogens is 4. The third-order valence-corrected chi connectivity index (χ3v) is 13.3. The molecule has 3 N–H and O–H groups in total. The van der Waals surface area contributed by atoms with Crippen molar-refractivity contribution in [1.29, 1.82) is 0 Å². The summed E-state index contributed by atoms with van der Waals surface area (Å²) < 4.78 is 79.7. The van der Waals surface area contributed by atoms with Crippen molar-refractivity contribution < 1.29 is 41.0 Å². The van der Waals surface area contributed by atoms with Crippen LogP contribution >= 0.6 is 22.9 Å². The number of sulfonamides is 1. The van der Waals surface area contributed by atoms with E-state index in [1.807, 2.05) is 20.8 Å². The van der Waals surface area contributed by atoms with Crippen molar-refractivity contribution >= 4 is 44.8 Å². The number of rotatable bonds is 15. The predicted molar refractivity (Wildman–Crippen MR) is 208 cm³/mol. The number of allylic oxidation sites excluding steroid dienone is 1. The molecular weight excluding hydrogens is 775 g/mol. The fraction of sp³-hybridized carbons (Fsp3) is 0.400. The Hall–Kier alpha value is -3.95. The summed E-state index contributed by atoms with van der Waals surface area (Å²) in [6.07, 6.45) is -0.251. The molecule has 1 aromatic heterocycles. The molecule has 0 saturated carbocycles. The van der Waals surface area contributed by atoms with Gasteiger partial charge in [0, 0.05) is 45.8 Å². The molecule has 2 unspecified atom stereocenters. The Morgan fingerprint density at radius 2 is 1.60 bits per heavy atom. The number of hydrogen-bond acceptors (Lipinski definition) is 8. The van der Waals surface area contributed by atoms with Crippen molar-refractivity contribution in [2.75, 3.05) is 20.3 Å². The van der Waals surface area contributed by atoms with Crippen molar-refractivity contribution in [2.24, 2.45) is 11.3 Å². The lowest BCUT2D eigenvalue weighted by Crippen LogP contribution is -2.46. The molecule has 1 amide bonds. The number of ether oxygens (including phenoxy) is 1. The van der Waals surface area contributed by atoms with E-state index in [9.17, 15) is 23.1 Å². The van der Waals surface area contributed by atoms with Crippen LogP contribution < -0.4 is 10.6 Å². The van der Waals surface area contributed by atoms with Crippen LogP contribution in [0.4, 0.5) is 18.0 Å². The number of thiophene rings is 1. The van der Waals surface area contributed by atoms with Gasteiger partial charge in [-0.3, -0.25) is 4.79 Å². The van der Waals surface area contributed by atoms with E-state index in [0.717, 1.165) is 11.4 Å². The number of ketones is 1. The minimum Gasteiger partial charge on any atom is -0.453 e. The van der Waals surface area contributed by atoms with Gasteiger partial charge in [0.25, 0.3) is 0 Å². The van der Waals surface area contributed by atoms with Crippen LogP contribution in [-0.2, 0) is 19.6 Å². The zero-order chi connectivity index (χ0) is 40.1. The monoisotopic (exact) mass is 819 g/mol. The van der Waals surface area contributed by atoms with E-state index in [2.05, 4.69) is 10.6 Å². The van der Waals surface area contributed by atoms with Gasteiger partial charge in [-0.05, 0) is 47.2 Å². The molecule has 0 saturated heterocycles. The molecule has 5 rings (SSSR count). The maximum absolute atomic E-state index is 15.0. The van der Waals surface area contributed by atoms with Gasteiger partial charge in [0.1, 0.15) is 6.04 Å². The van der Waals surface area contributed by atoms with Crippen LogP contribution in [0.2, 0.25) is 0 Å². The molecular formula is C40H45ClF3N3O6S2. The van der Waals surface area contributed by atoms with Crippen LogP contribution in [-0.4, -0.2) is 68.2 Å².